The Bertz CT molecular complexity index is 1590. The molecule has 2 atom stereocenters. The molecule has 13 heteroatoms. The first kappa shape index (κ1) is 32.4. The van der Waals surface area contributed by atoms with E-state index in [0.717, 1.165) is 17.2 Å². The van der Waals surface area contributed by atoms with Gasteiger partial charge in [-0.25, -0.2) is 8.89 Å². The van der Waals surface area contributed by atoms with Gasteiger partial charge in [0.1, 0.15) is 0 Å². The molecule has 0 bridgehead atoms. The van der Waals surface area contributed by atoms with E-state index < -0.39 is 34.8 Å². The van der Waals surface area contributed by atoms with E-state index in [1.807, 2.05) is 37.3 Å². The van der Waals surface area contributed by atoms with Crippen molar-refractivity contribution in [1.29, 1.82) is 0 Å². The van der Waals surface area contributed by atoms with E-state index in [1.165, 1.54) is 28.9 Å². The standard InChI is InChI=1S/C31H34F3N7O2S/c1-21-10-12-23(13-11-21)27-19-28(31(32,33)34)39-41(27)24-14-16-25(17-15-24)44(43)40-29(42)26(9-5-6-18-37-30(35)36)38-20-22-7-3-2-4-8-22/h2-4,7-8,10-17,19,26,38H,5-6,9,18,20H2,1H3,(H,40,42)(H4,35,36,37). The molecule has 0 saturated heterocycles. The van der Waals surface area contributed by atoms with Crippen LogP contribution in [0.1, 0.15) is 36.1 Å². The zero-order valence-corrected chi connectivity index (χ0v) is 24.9. The second-order valence-electron chi connectivity index (χ2n) is 10.1. The minimum atomic E-state index is -4.63. The largest absolute Gasteiger partial charge is 0.435 e. The number of nitrogens with two attached hydrogens (primary N) is 2. The summed E-state index contributed by atoms with van der Waals surface area (Å²) in [7, 11) is -1.92. The van der Waals surface area contributed by atoms with E-state index in [0.29, 0.717) is 43.6 Å². The molecule has 44 heavy (non-hydrogen) atoms. The van der Waals surface area contributed by atoms with Gasteiger partial charge in [-0.1, -0.05) is 60.2 Å². The minimum Gasteiger partial charge on any atom is -0.370 e. The lowest BCUT2D eigenvalue weighted by Crippen LogP contribution is -2.44. The van der Waals surface area contributed by atoms with Crippen LogP contribution in [0.15, 0.2) is 94.8 Å². The number of nitrogens with zero attached hydrogens (tertiary/aromatic N) is 3. The van der Waals surface area contributed by atoms with Crippen LogP contribution in [0.25, 0.3) is 16.9 Å². The lowest BCUT2D eigenvalue weighted by molar-refractivity contribution is -0.141. The number of aromatic nitrogens is 2. The number of guanidine groups is 1. The summed E-state index contributed by atoms with van der Waals surface area (Å²) in [5.41, 5.74) is 12.8. The van der Waals surface area contributed by atoms with Gasteiger partial charge in [0.2, 0.25) is 5.91 Å². The van der Waals surface area contributed by atoms with E-state index in [9.17, 15) is 22.2 Å². The highest BCUT2D eigenvalue weighted by molar-refractivity contribution is 7.83. The highest BCUT2D eigenvalue weighted by Crippen LogP contribution is 2.33. The monoisotopic (exact) mass is 625 g/mol. The smallest absolute Gasteiger partial charge is 0.370 e. The summed E-state index contributed by atoms with van der Waals surface area (Å²) in [4.78, 5) is 17.4. The Balaban J connectivity index is 1.48. The quantitative estimate of drug-likeness (QED) is 0.0972. The van der Waals surface area contributed by atoms with Crippen molar-refractivity contribution in [2.24, 2.45) is 16.5 Å². The van der Waals surface area contributed by atoms with Crippen molar-refractivity contribution in [1.82, 2.24) is 19.8 Å². The topological polar surface area (TPSA) is 140 Å². The number of rotatable bonds is 13. The number of hydrogen-bond donors (Lipinski definition) is 4. The number of carbonyl (C=O) groups is 1. The zero-order valence-electron chi connectivity index (χ0n) is 24.1. The van der Waals surface area contributed by atoms with E-state index in [2.05, 4.69) is 20.1 Å². The van der Waals surface area contributed by atoms with Gasteiger partial charge in [0.05, 0.1) is 22.3 Å². The number of aryl methyl sites for hydroxylation is 1. The van der Waals surface area contributed by atoms with Gasteiger partial charge in [-0.15, -0.1) is 0 Å². The molecule has 4 rings (SSSR count). The summed E-state index contributed by atoms with van der Waals surface area (Å²) in [6, 6.07) is 23.0. The van der Waals surface area contributed by atoms with Gasteiger partial charge < -0.3 is 16.8 Å². The van der Waals surface area contributed by atoms with Crippen LogP contribution in [0.5, 0.6) is 0 Å². The van der Waals surface area contributed by atoms with Gasteiger partial charge in [0, 0.05) is 18.7 Å². The van der Waals surface area contributed by atoms with Crippen molar-refractivity contribution in [2.75, 3.05) is 6.54 Å². The van der Waals surface area contributed by atoms with Gasteiger partial charge in [0.25, 0.3) is 0 Å². The Kier molecular flexibility index (Phi) is 10.9. The number of nitrogens with one attached hydrogen (secondary N) is 2. The number of alkyl halides is 3. The normalized spacial score (nSPS) is 12.8. The molecule has 0 aliphatic heterocycles. The predicted molar refractivity (Wildman–Crippen MR) is 165 cm³/mol. The average molecular weight is 626 g/mol. The van der Waals surface area contributed by atoms with Gasteiger partial charge in [-0.2, -0.15) is 18.3 Å². The summed E-state index contributed by atoms with van der Waals surface area (Å²) in [6.45, 7) is 2.75. The molecule has 2 unspecified atom stereocenters. The molecule has 0 spiro atoms. The highest BCUT2D eigenvalue weighted by Gasteiger charge is 2.35. The molecule has 1 aromatic heterocycles. The number of amides is 1. The van der Waals surface area contributed by atoms with Gasteiger partial charge >= 0.3 is 6.18 Å². The molecule has 3 aromatic carbocycles. The van der Waals surface area contributed by atoms with Crippen LogP contribution in [-0.2, 0) is 28.5 Å². The van der Waals surface area contributed by atoms with Gasteiger partial charge in [0.15, 0.2) is 22.6 Å². The van der Waals surface area contributed by atoms with Crippen LogP contribution in [0, 0.1) is 6.92 Å². The van der Waals surface area contributed by atoms with E-state index >= 15 is 0 Å². The maximum absolute atomic E-state index is 13.6. The first-order valence-corrected chi connectivity index (χ1v) is 15.1. The van der Waals surface area contributed by atoms with Crippen molar-refractivity contribution in [3.8, 4) is 16.9 Å². The number of carbonyl (C=O) groups excluding carboxylic acids is 1. The molecule has 4 aromatic rings. The molecular weight excluding hydrogens is 591 g/mol. The summed E-state index contributed by atoms with van der Waals surface area (Å²) in [5, 5.41) is 7.04. The third-order valence-electron chi connectivity index (χ3n) is 6.74. The molecule has 0 aliphatic carbocycles. The summed E-state index contributed by atoms with van der Waals surface area (Å²) in [5.74, 6) is -0.448. The van der Waals surface area contributed by atoms with Crippen LogP contribution >= 0.6 is 0 Å². The molecule has 9 nitrogen and oxygen atoms in total. The van der Waals surface area contributed by atoms with Crippen molar-refractivity contribution in [3.63, 3.8) is 0 Å². The number of halogens is 3. The van der Waals surface area contributed by atoms with Crippen LogP contribution in [0.3, 0.4) is 0 Å². The predicted octanol–water partition coefficient (Wildman–Crippen LogP) is 4.61. The Labute approximate surface area is 256 Å². The maximum Gasteiger partial charge on any atom is 0.435 e. The third-order valence-corrected chi connectivity index (χ3v) is 7.83. The van der Waals surface area contributed by atoms with Crippen molar-refractivity contribution < 1.29 is 22.2 Å². The SMILES string of the molecule is Cc1ccc(-c2cc(C(F)(F)F)nn2-c2ccc(S(=O)NC(=O)C(CCCCN=C(N)N)NCc3ccccc3)cc2)cc1. The second-order valence-corrected chi connectivity index (χ2v) is 11.4. The van der Waals surface area contributed by atoms with Crippen LogP contribution in [0.4, 0.5) is 13.2 Å². The van der Waals surface area contributed by atoms with Crippen LogP contribution < -0.4 is 21.5 Å². The molecule has 232 valence electrons. The lowest BCUT2D eigenvalue weighted by atomic mass is 10.1. The Morgan fingerprint density at radius 1 is 1.00 bits per heavy atom. The van der Waals surface area contributed by atoms with Crippen LogP contribution in [0.2, 0.25) is 0 Å². The molecule has 0 fully saturated rings. The molecule has 0 radical (unpaired) electrons. The fourth-order valence-electron chi connectivity index (χ4n) is 4.41. The van der Waals surface area contributed by atoms with Crippen molar-refractivity contribution >= 4 is 22.9 Å². The lowest BCUT2D eigenvalue weighted by Gasteiger charge is -2.18. The van der Waals surface area contributed by atoms with Gasteiger partial charge in [-0.05, 0) is 62.1 Å². The Morgan fingerprint density at radius 3 is 2.32 bits per heavy atom. The van der Waals surface area contributed by atoms with Gasteiger partial charge in [-0.3, -0.25) is 14.5 Å². The third kappa shape index (κ3) is 9.01. The van der Waals surface area contributed by atoms with E-state index in [-0.39, 0.29) is 16.5 Å². The first-order chi connectivity index (χ1) is 21.0. The Morgan fingerprint density at radius 2 is 1.68 bits per heavy atom. The molecular formula is C31H34F3N7O2S. The first-order valence-electron chi connectivity index (χ1n) is 13.9. The van der Waals surface area contributed by atoms with E-state index in [1.54, 1.807) is 24.3 Å². The molecule has 1 amide bonds. The van der Waals surface area contributed by atoms with Crippen LogP contribution in [-0.4, -0.2) is 38.4 Å². The fourth-order valence-corrected chi connectivity index (χ4v) is 5.24. The number of benzene rings is 3. The zero-order chi connectivity index (χ0) is 31.7. The second kappa shape index (κ2) is 14.8. The Hall–Kier alpha value is -4.49. The average Bonchev–Trinajstić information content (AvgIpc) is 3.46. The summed E-state index contributed by atoms with van der Waals surface area (Å²) >= 11 is 0. The molecule has 0 aliphatic rings. The van der Waals surface area contributed by atoms with E-state index in [4.69, 9.17) is 11.5 Å². The number of unbranched alkanes of at least 4 members (excludes halogenated alkanes) is 1. The molecule has 0 saturated carbocycles. The summed E-state index contributed by atoms with van der Waals surface area (Å²) in [6.07, 6.45) is -2.87. The molecule has 6 N–H and O–H groups in total. The number of hydrogen-bond acceptors (Lipinski definition) is 5. The minimum absolute atomic E-state index is 0.00244. The van der Waals surface area contributed by atoms with Crippen molar-refractivity contribution in [2.45, 2.75) is 49.8 Å². The summed E-state index contributed by atoms with van der Waals surface area (Å²) < 4.78 is 57.5. The maximum atomic E-state index is 13.6. The molecule has 1 heterocycles. The highest BCUT2D eigenvalue weighted by atomic mass is 32.2. The number of aliphatic imine (C=N–C) groups is 1. The van der Waals surface area contributed by atoms with Crippen molar-refractivity contribution in [3.05, 3.63) is 102 Å². The fraction of sp³-hybridized carbons (Fsp3) is 0.258.